The molecule has 0 aliphatic rings. The number of aromatic nitrogens is 1. The molecule has 0 aliphatic carbocycles. The van der Waals surface area contributed by atoms with Gasteiger partial charge in [-0.15, -0.1) is 0 Å². The minimum absolute atomic E-state index is 0.261. The number of nitrogens with zero attached hydrogens (tertiary/aromatic N) is 1. The van der Waals surface area contributed by atoms with E-state index in [9.17, 15) is 4.79 Å². The molecule has 0 atom stereocenters. The van der Waals surface area contributed by atoms with Gasteiger partial charge in [0.2, 0.25) is 0 Å². The van der Waals surface area contributed by atoms with Crippen LogP contribution in [-0.4, -0.2) is 11.0 Å². The molecule has 0 unspecified atom stereocenters. The van der Waals surface area contributed by atoms with Crippen molar-refractivity contribution in [3.05, 3.63) is 29.6 Å². The van der Waals surface area contributed by atoms with Gasteiger partial charge in [-0.2, -0.15) is 0 Å². The lowest BCUT2D eigenvalue weighted by Crippen LogP contribution is -2.00. The van der Waals surface area contributed by atoms with Crippen molar-refractivity contribution >= 4 is 5.97 Å². The first-order valence-corrected chi connectivity index (χ1v) is 3.73. The molecule has 0 radical (unpaired) electrons. The average molecular weight is 165 g/mol. The number of esters is 1. The van der Waals surface area contributed by atoms with Crippen LogP contribution in [0.4, 0.5) is 0 Å². The molecule has 0 amide bonds. The third-order valence-electron chi connectivity index (χ3n) is 1.40. The van der Waals surface area contributed by atoms with E-state index >= 15 is 0 Å². The molecule has 3 nitrogen and oxygen atoms in total. The van der Waals surface area contributed by atoms with Crippen LogP contribution in [0.5, 0.6) is 0 Å². The van der Waals surface area contributed by atoms with E-state index in [4.69, 9.17) is 4.74 Å². The zero-order valence-corrected chi connectivity index (χ0v) is 7.20. The predicted molar refractivity (Wildman–Crippen MR) is 44.4 cm³/mol. The van der Waals surface area contributed by atoms with E-state index in [0.29, 0.717) is 0 Å². The second-order valence-corrected chi connectivity index (χ2v) is 2.60. The summed E-state index contributed by atoms with van der Waals surface area (Å²) in [6.45, 7) is 3.62. The number of pyridine rings is 1. The molecule has 0 fully saturated rings. The number of carbonyl (C=O) groups excluding carboxylic acids is 1. The Hall–Kier alpha value is -1.38. The van der Waals surface area contributed by atoms with E-state index in [1.54, 1.807) is 6.20 Å². The summed E-state index contributed by atoms with van der Waals surface area (Å²) in [5, 5.41) is 0. The van der Waals surface area contributed by atoms with Crippen molar-refractivity contribution in [1.82, 2.24) is 4.98 Å². The van der Waals surface area contributed by atoms with Crippen molar-refractivity contribution in [2.45, 2.75) is 20.5 Å². The van der Waals surface area contributed by atoms with E-state index in [2.05, 4.69) is 4.98 Å². The van der Waals surface area contributed by atoms with Gasteiger partial charge in [-0.25, -0.2) is 0 Å². The van der Waals surface area contributed by atoms with Crippen LogP contribution in [0.2, 0.25) is 0 Å². The van der Waals surface area contributed by atoms with Crippen molar-refractivity contribution in [2.75, 3.05) is 0 Å². The molecule has 0 saturated carbocycles. The van der Waals surface area contributed by atoms with Crippen LogP contribution in [0.1, 0.15) is 18.2 Å². The summed E-state index contributed by atoms with van der Waals surface area (Å²) in [5.41, 5.74) is 1.90. The Bertz CT molecular complexity index is 284. The van der Waals surface area contributed by atoms with Crippen molar-refractivity contribution in [3.8, 4) is 0 Å². The maximum atomic E-state index is 10.5. The summed E-state index contributed by atoms with van der Waals surface area (Å²) < 4.78 is 4.78. The van der Waals surface area contributed by atoms with Crippen LogP contribution in [0.15, 0.2) is 18.3 Å². The third-order valence-corrected chi connectivity index (χ3v) is 1.40. The molecule has 0 aromatic carbocycles. The van der Waals surface area contributed by atoms with Gasteiger partial charge in [-0.1, -0.05) is 0 Å². The first kappa shape index (κ1) is 8.71. The van der Waals surface area contributed by atoms with E-state index < -0.39 is 0 Å². The van der Waals surface area contributed by atoms with Gasteiger partial charge in [0.1, 0.15) is 6.61 Å². The first-order valence-electron chi connectivity index (χ1n) is 3.73. The van der Waals surface area contributed by atoms with Gasteiger partial charge < -0.3 is 4.74 Å². The largest absolute Gasteiger partial charge is 0.459 e. The molecule has 0 aliphatic heterocycles. The Balaban J connectivity index is 2.57. The van der Waals surface area contributed by atoms with Crippen molar-refractivity contribution in [1.29, 1.82) is 0 Å². The molecule has 3 heteroatoms. The molecule has 12 heavy (non-hydrogen) atoms. The van der Waals surface area contributed by atoms with Gasteiger partial charge in [0.05, 0.1) is 5.69 Å². The van der Waals surface area contributed by atoms with Gasteiger partial charge in [-0.05, 0) is 24.6 Å². The maximum Gasteiger partial charge on any atom is 0.303 e. The summed E-state index contributed by atoms with van der Waals surface area (Å²) in [7, 11) is 0. The number of rotatable bonds is 2. The molecule has 0 saturated heterocycles. The number of ether oxygens (including phenoxy) is 1. The Morgan fingerprint density at radius 3 is 3.00 bits per heavy atom. The highest BCUT2D eigenvalue weighted by molar-refractivity contribution is 5.65. The van der Waals surface area contributed by atoms with E-state index in [-0.39, 0.29) is 12.6 Å². The molecular weight excluding hydrogens is 154 g/mol. The zero-order valence-electron chi connectivity index (χ0n) is 7.20. The number of hydrogen-bond acceptors (Lipinski definition) is 3. The van der Waals surface area contributed by atoms with E-state index in [1.165, 1.54) is 6.92 Å². The summed E-state index contributed by atoms with van der Waals surface area (Å²) in [5.74, 6) is -0.279. The maximum absolute atomic E-state index is 10.5. The lowest BCUT2D eigenvalue weighted by Gasteiger charge is -2.01. The first-order chi connectivity index (χ1) is 5.68. The van der Waals surface area contributed by atoms with Crippen molar-refractivity contribution in [3.63, 3.8) is 0 Å². The molecule has 1 rings (SSSR count). The predicted octanol–water partition coefficient (Wildman–Crippen LogP) is 1.45. The smallest absolute Gasteiger partial charge is 0.303 e. The molecular formula is C9H11NO2. The molecule has 1 heterocycles. The highest BCUT2D eigenvalue weighted by Gasteiger charge is 1.96. The fourth-order valence-corrected chi connectivity index (χ4v) is 0.853. The summed E-state index contributed by atoms with van der Waals surface area (Å²) in [4.78, 5) is 14.5. The van der Waals surface area contributed by atoms with Crippen LogP contribution in [-0.2, 0) is 16.1 Å². The Kier molecular flexibility index (Phi) is 2.80. The number of hydrogen-bond donors (Lipinski definition) is 0. The van der Waals surface area contributed by atoms with Crippen LogP contribution < -0.4 is 0 Å². The van der Waals surface area contributed by atoms with Crippen molar-refractivity contribution in [2.24, 2.45) is 0 Å². The summed E-state index contributed by atoms with van der Waals surface area (Å²) in [6, 6.07) is 3.79. The van der Waals surface area contributed by atoms with E-state index in [1.807, 2.05) is 19.1 Å². The fourth-order valence-electron chi connectivity index (χ4n) is 0.853. The number of aryl methyl sites for hydroxylation is 1. The second-order valence-electron chi connectivity index (χ2n) is 2.60. The van der Waals surface area contributed by atoms with Gasteiger partial charge in [-0.3, -0.25) is 9.78 Å². The lowest BCUT2D eigenvalue weighted by molar-refractivity contribution is -0.142. The monoisotopic (exact) mass is 165 g/mol. The second kappa shape index (κ2) is 3.85. The minimum Gasteiger partial charge on any atom is -0.459 e. The fraction of sp³-hybridized carbons (Fsp3) is 0.333. The Labute approximate surface area is 71.4 Å². The van der Waals surface area contributed by atoms with Gasteiger partial charge >= 0.3 is 5.97 Å². The van der Waals surface area contributed by atoms with Crippen LogP contribution in [0, 0.1) is 6.92 Å². The van der Waals surface area contributed by atoms with Crippen LogP contribution >= 0.6 is 0 Å². The zero-order chi connectivity index (χ0) is 8.97. The Morgan fingerprint density at radius 2 is 2.42 bits per heavy atom. The third kappa shape index (κ3) is 2.70. The van der Waals surface area contributed by atoms with E-state index in [0.717, 1.165) is 11.3 Å². The standard InChI is InChI=1S/C9H11NO2/c1-7-3-4-10-9(5-7)6-12-8(2)11/h3-5H,6H2,1-2H3. The minimum atomic E-state index is -0.279. The van der Waals surface area contributed by atoms with Crippen LogP contribution in [0.3, 0.4) is 0 Å². The lowest BCUT2D eigenvalue weighted by atomic mass is 10.2. The topological polar surface area (TPSA) is 39.2 Å². The van der Waals surface area contributed by atoms with Gasteiger partial charge in [0.15, 0.2) is 0 Å². The summed E-state index contributed by atoms with van der Waals surface area (Å²) in [6.07, 6.45) is 1.70. The van der Waals surface area contributed by atoms with Crippen LogP contribution in [0.25, 0.3) is 0 Å². The quantitative estimate of drug-likeness (QED) is 0.622. The SMILES string of the molecule is CC(=O)OCc1cc(C)ccn1. The molecule has 1 aromatic heterocycles. The molecule has 0 spiro atoms. The Morgan fingerprint density at radius 1 is 1.67 bits per heavy atom. The molecule has 0 bridgehead atoms. The average Bonchev–Trinajstić information content (AvgIpc) is 2.01. The molecule has 1 aromatic rings. The normalized spacial score (nSPS) is 9.50. The summed E-state index contributed by atoms with van der Waals surface area (Å²) >= 11 is 0. The highest BCUT2D eigenvalue weighted by Crippen LogP contribution is 2.01. The molecule has 0 N–H and O–H groups in total. The highest BCUT2D eigenvalue weighted by atomic mass is 16.5. The van der Waals surface area contributed by atoms with Gasteiger partial charge in [0.25, 0.3) is 0 Å². The molecule has 64 valence electrons. The van der Waals surface area contributed by atoms with Crippen molar-refractivity contribution < 1.29 is 9.53 Å². The number of carbonyl (C=O) groups is 1. The van der Waals surface area contributed by atoms with Gasteiger partial charge in [0, 0.05) is 13.1 Å².